The fraction of sp³-hybridized carbons (Fsp3) is 0.290. The molecular formula is C31H39N2O2+. The predicted octanol–water partition coefficient (Wildman–Crippen LogP) is 7.38. The molecule has 184 valence electrons. The summed E-state index contributed by atoms with van der Waals surface area (Å²) in [5.74, 6) is 2.19. The molecule has 0 unspecified atom stereocenters. The van der Waals surface area contributed by atoms with Crippen molar-refractivity contribution in [1.29, 1.82) is 0 Å². The van der Waals surface area contributed by atoms with Gasteiger partial charge in [0, 0.05) is 31.4 Å². The van der Waals surface area contributed by atoms with E-state index in [1.165, 1.54) is 5.56 Å². The van der Waals surface area contributed by atoms with E-state index in [-0.39, 0.29) is 0 Å². The average Bonchev–Trinajstić information content (AvgIpc) is 3.26. The van der Waals surface area contributed by atoms with E-state index in [0.29, 0.717) is 5.75 Å². The lowest BCUT2D eigenvalue weighted by molar-refractivity contribution is 0.440. The lowest BCUT2D eigenvalue weighted by Crippen LogP contribution is -2.21. The van der Waals surface area contributed by atoms with Gasteiger partial charge in [0.05, 0.1) is 17.3 Å². The van der Waals surface area contributed by atoms with Gasteiger partial charge in [0.1, 0.15) is 0 Å². The third-order valence-electron chi connectivity index (χ3n) is 6.08. The number of allylic oxidation sites excluding steroid dienone is 3. The molecule has 0 atom stereocenters. The Morgan fingerprint density at radius 3 is 2.26 bits per heavy atom. The first kappa shape index (κ1) is 26.0. The van der Waals surface area contributed by atoms with Crippen LogP contribution in [0, 0.1) is 0 Å². The van der Waals surface area contributed by atoms with Gasteiger partial charge < -0.3 is 19.6 Å². The normalized spacial score (nSPS) is 13.7. The van der Waals surface area contributed by atoms with Crippen LogP contribution >= 0.6 is 0 Å². The van der Waals surface area contributed by atoms with Crippen molar-refractivity contribution in [2.45, 2.75) is 41.0 Å². The van der Waals surface area contributed by atoms with E-state index >= 15 is 0 Å². The van der Waals surface area contributed by atoms with E-state index in [1.54, 1.807) is 0 Å². The Morgan fingerprint density at radius 1 is 0.914 bits per heavy atom. The highest BCUT2D eigenvalue weighted by molar-refractivity contribution is 5.81. The molecule has 0 amide bonds. The second kappa shape index (κ2) is 12.7. The smallest absolute Gasteiger partial charge is 0.263 e. The lowest BCUT2D eigenvalue weighted by atomic mass is 10.0. The molecule has 35 heavy (non-hydrogen) atoms. The molecule has 0 fully saturated rings. The summed E-state index contributed by atoms with van der Waals surface area (Å²) in [5.41, 5.74) is 5.31. The van der Waals surface area contributed by atoms with E-state index in [1.807, 2.05) is 44.2 Å². The van der Waals surface area contributed by atoms with Crippen molar-refractivity contribution >= 4 is 16.9 Å². The highest BCUT2D eigenvalue weighted by Crippen LogP contribution is 2.40. The highest BCUT2D eigenvalue weighted by atomic mass is 16.5. The predicted molar refractivity (Wildman–Crippen MR) is 151 cm³/mol. The lowest BCUT2D eigenvalue weighted by Gasteiger charge is -2.21. The number of hydrogen-bond donors (Lipinski definition) is 0. The van der Waals surface area contributed by atoms with E-state index < -0.39 is 0 Å². The third-order valence-corrected chi connectivity index (χ3v) is 6.08. The van der Waals surface area contributed by atoms with Gasteiger partial charge in [0.25, 0.3) is 5.75 Å². The summed E-state index contributed by atoms with van der Waals surface area (Å²) in [6.45, 7) is 13.1. The van der Waals surface area contributed by atoms with Crippen LogP contribution < -0.4 is 14.5 Å². The molecule has 1 aliphatic rings. The van der Waals surface area contributed by atoms with Gasteiger partial charge in [-0.1, -0.05) is 62.4 Å². The number of fused-ring (bicyclic) bond motifs is 1. The molecule has 0 spiro atoms. The summed E-state index contributed by atoms with van der Waals surface area (Å²) in [4.78, 5) is 4.45. The van der Waals surface area contributed by atoms with Crippen molar-refractivity contribution in [2.24, 2.45) is 0 Å². The largest absolute Gasteiger partial charge is 0.593 e. The molecule has 0 radical (unpaired) electrons. The summed E-state index contributed by atoms with van der Waals surface area (Å²) < 4.78 is 6.23. The second-order valence-corrected chi connectivity index (χ2v) is 8.05. The summed E-state index contributed by atoms with van der Waals surface area (Å²) >= 11 is 0. The van der Waals surface area contributed by atoms with E-state index in [9.17, 15) is 0 Å². The van der Waals surface area contributed by atoms with Crippen molar-refractivity contribution in [3.05, 3.63) is 102 Å². The van der Waals surface area contributed by atoms with Crippen LogP contribution in [0.2, 0.25) is 0 Å². The Kier molecular flexibility index (Phi) is 9.42. The van der Waals surface area contributed by atoms with Crippen LogP contribution in [0.25, 0.3) is 5.57 Å². The Hall–Kier alpha value is -3.66. The molecule has 0 bridgehead atoms. The number of para-hydroxylation sites is 2. The zero-order valence-corrected chi connectivity index (χ0v) is 21.7. The van der Waals surface area contributed by atoms with Gasteiger partial charge in [-0.3, -0.25) is 0 Å². The van der Waals surface area contributed by atoms with Gasteiger partial charge >= 0.3 is 0 Å². The number of hydrogen-bond acceptors (Lipinski definition) is 3. The van der Waals surface area contributed by atoms with Gasteiger partial charge in [-0.2, -0.15) is 0 Å². The summed E-state index contributed by atoms with van der Waals surface area (Å²) in [5, 5.41) is 8.82. The fourth-order valence-electron chi connectivity index (χ4n) is 4.28. The Balaban J connectivity index is 0.00000167. The minimum Gasteiger partial charge on any atom is -0.593 e. The molecule has 3 aromatic carbocycles. The maximum Gasteiger partial charge on any atom is 0.263 e. The monoisotopic (exact) mass is 471 g/mol. The van der Waals surface area contributed by atoms with Gasteiger partial charge in [-0.15, -0.1) is 0 Å². The van der Waals surface area contributed by atoms with Crippen LogP contribution in [0.1, 0.15) is 45.7 Å². The van der Waals surface area contributed by atoms with Gasteiger partial charge in [0.2, 0.25) is 5.88 Å². The molecule has 0 aromatic heterocycles. The van der Waals surface area contributed by atoms with Crippen LogP contribution in [0.5, 0.6) is 11.5 Å². The van der Waals surface area contributed by atoms with E-state index in [4.69, 9.17) is 9.84 Å². The fourth-order valence-corrected chi connectivity index (χ4v) is 4.28. The molecule has 0 saturated carbocycles. The number of ether oxygens (including phenoxy) is 1. The Bertz CT molecular complexity index is 1150. The number of nitrogens with zero attached hydrogens (tertiary/aromatic N) is 2. The van der Waals surface area contributed by atoms with Crippen molar-refractivity contribution in [2.75, 3.05) is 29.4 Å². The number of rotatable bonds is 8. The molecule has 4 heteroatoms. The maximum atomic E-state index is 8.82. The minimum absolute atomic E-state index is 0.522. The first-order valence-corrected chi connectivity index (χ1v) is 12.8. The maximum absolute atomic E-state index is 8.82. The molecule has 0 aliphatic carbocycles. The first-order valence-electron chi connectivity index (χ1n) is 12.8. The standard InChI is InChI=1S/C29H32N2O2.C2H6/c1-4-30(5-2)24-18-19-25(27(32)21-24)23(17-16-22-12-8-7-9-13-22)20-29-31(6-3)26-14-10-11-15-28(26)33-29;1-2/h7-15,17-21,32H,4-6,16H2,1-3H3;1-2H3/p+1/b23-17-,29-20-;. The zero-order valence-electron chi connectivity index (χ0n) is 21.7. The molecule has 2 N–H and O–H groups in total. The van der Waals surface area contributed by atoms with Crippen LogP contribution in [0.4, 0.5) is 11.4 Å². The van der Waals surface area contributed by atoms with Crippen LogP contribution in [-0.4, -0.2) is 24.7 Å². The van der Waals surface area contributed by atoms with Crippen molar-refractivity contribution in [3.63, 3.8) is 0 Å². The average molecular weight is 472 g/mol. The van der Waals surface area contributed by atoms with Gasteiger partial charge in [-0.25, -0.2) is 0 Å². The van der Waals surface area contributed by atoms with E-state index in [0.717, 1.165) is 60.2 Å². The Labute approximate surface area is 210 Å². The molecule has 3 aromatic rings. The van der Waals surface area contributed by atoms with Gasteiger partial charge in [-0.05, 0) is 62.6 Å². The van der Waals surface area contributed by atoms with Crippen molar-refractivity contribution in [3.8, 4) is 11.5 Å². The third kappa shape index (κ3) is 6.07. The first-order chi connectivity index (χ1) is 17.1. The minimum atomic E-state index is 0.522. The van der Waals surface area contributed by atoms with Crippen molar-refractivity contribution in [1.82, 2.24) is 0 Å². The zero-order chi connectivity index (χ0) is 25.2. The molecule has 0 saturated heterocycles. The topological polar surface area (TPSA) is 38.6 Å². The summed E-state index contributed by atoms with van der Waals surface area (Å²) in [6, 6.07) is 24.7. The van der Waals surface area contributed by atoms with Gasteiger partial charge in [0.15, 0.2) is 5.75 Å². The van der Waals surface area contributed by atoms with Crippen LogP contribution in [0.3, 0.4) is 0 Å². The van der Waals surface area contributed by atoms with E-state index in [2.05, 4.69) is 85.2 Å². The van der Waals surface area contributed by atoms with Crippen LogP contribution in [-0.2, 0) is 6.42 Å². The molecule has 4 rings (SSSR count). The van der Waals surface area contributed by atoms with Crippen molar-refractivity contribution < 1.29 is 9.84 Å². The number of benzene rings is 3. The summed E-state index contributed by atoms with van der Waals surface area (Å²) in [7, 11) is 0. The Morgan fingerprint density at radius 2 is 1.60 bits per heavy atom. The molecular weight excluding hydrogens is 432 g/mol. The van der Waals surface area contributed by atoms with Crippen LogP contribution in [0.15, 0.2) is 90.8 Å². The molecule has 1 heterocycles. The SMILES string of the molecule is CC.CCN(CC)c1ccc(C(=C\Cc2ccccc2)/C=C2\Oc3ccccc3N2CC)c([OH2+])c1. The second-order valence-electron chi connectivity index (χ2n) is 8.05. The number of anilines is 2. The summed E-state index contributed by atoms with van der Waals surface area (Å²) in [6.07, 6.45) is 5.07. The molecule has 1 aliphatic heterocycles. The molecule has 4 nitrogen and oxygen atoms in total. The quantitative estimate of drug-likeness (QED) is 0.322. The highest BCUT2D eigenvalue weighted by Gasteiger charge is 2.25.